The molecule has 1 N–H and O–H groups in total. The number of pyridine rings is 1. The van der Waals surface area contributed by atoms with Crippen molar-refractivity contribution in [2.24, 2.45) is 0 Å². The number of halogens is 2. The highest BCUT2D eigenvalue weighted by molar-refractivity contribution is 5.66. The molecule has 5 nitrogen and oxygen atoms in total. The second-order valence-corrected chi connectivity index (χ2v) is 6.60. The maximum absolute atomic E-state index is 13.6. The van der Waals surface area contributed by atoms with E-state index in [0.29, 0.717) is 17.3 Å². The lowest BCUT2D eigenvalue weighted by Crippen LogP contribution is -2.11. The first-order chi connectivity index (χ1) is 13.5. The minimum atomic E-state index is -2.69. The Balaban J connectivity index is 1.77. The summed E-state index contributed by atoms with van der Waals surface area (Å²) in [4.78, 5) is 12.9. The molecule has 0 spiro atoms. The molecule has 0 fully saturated rings. The quantitative estimate of drug-likeness (QED) is 0.517. The first kappa shape index (κ1) is 18.0. The minimum Gasteiger partial charge on any atom is -0.348 e. The highest BCUT2D eigenvalue weighted by atomic mass is 19.3. The highest BCUT2D eigenvalue weighted by Gasteiger charge is 2.21. The van der Waals surface area contributed by atoms with Gasteiger partial charge in [0.2, 0.25) is 5.95 Å². The van der Waals surface area contributed by atoms with Crippen LogP contribution in [-0.4, -0.2) is 19.4 Å². The van der Waals surface area contributed by atoms with Gasteiger partial charge in [0.15, 0.2) is 0 Å². The summed E-state index contributed by atoms with van der Waals surface area (Å²) in [6.45, 7) is 3.89. The van der Waals surface area contributed by atoms with Gasteiger partial charge in [-0.15, -0.1) is 0 Å². The monoisotopic (exact) mass is 379 g/mol. The van der Waals surface area contributed by atoms with Crippen molar-refractivity contribution in [3.63, 3.8) is 0 Å². The second-order valence-electron chi connectivity index (χ2n) is 6.60. The van der Waals surface area contributed by atoms with Gasteiger partial charge in [0.25, 0.3) is 6.43 Å². The van der Waals surface area contributed by atoms with Gasteiger partial charge in [-0.2, -0.15) is 0 Å². The van der Waals surface area contributed by atoms with Crippen LogP contribution in [-0.2, 0) is 0 Å². The molecule has 4 rings (SSSR count). The van der Waals surface area contributed by atoms with E-state index in [9.17, 15) is 8.78 Å². The fraction of sp³-hybridized carbons (Fsp3) is 0.190. The summed E-state index contributed by atoms with van der Waals surface area (Å²) in [5.41, 5.74) is 3.18. The topological polar surface area (TPSA) is 55.1 Å². The molecule has 0 amide bonds. The molecular formula is C21H19F2N5. The van der Waals surface area contributed by atoms with Gasteiger partial charge in [0, 0.05) is 12.4 Å². The summed E-state index contributed by atoms with van der Waals surface area (Å²) in [6, 6.07) is 13.5. The van der Waals surface area contributed by atoms with Crippen LogP contribution in [0.15, 0.2) is 61.1 Å². The van der Waals surface area contributed by atoms with E-state index < -0.39 is 6.43 Å². The Hall–Kier alpha value is -3.35. The molecule has 28 heavy (non-hydrogen) atoms. The zero-order valence-corrected chi connectivity index (χ0v) is 15.5. The Kier molecular flexibility index (Phi) is 4.73. The van der Waals surface area contributed by atoms with Crippen LogP contribution < -0.4 is 5.32 Å². The van der Waals surface area contributed by atoms with Crippen molar-refractivity contribution in [3.05, 3.63) is 77.7 Å². The molecular weight excluding hydrogens is 360 g/mol. The number of benzene rings is 1. The minimum absolute atomic E-state index is 0.0733. The molecule has 0 aliphatic carbocycles. The molecule has 0 saturated carbocycles. The lowest BCUT2D eigenvalue weighted by Gasteiger charge is -2.16. The van der Waals surface area contributed by atoms with Gasteiger partial charge < -0.3 is 5.32 Å². The number of rotatable bonds is 5. The smallest absolute Gasteiger partial charge is 0.267 e. The average Bonchev–Trinajstić information content (AvgIpc) is 3.14. The molecule has 1 atom stereocenters. The molecule has 0 aliphatic heterocycles. The van der Waals surface area contributed by atoms with Gasteiger partial charge in [-0.05, 0) is 31.0 Å². The molecule has 7 heteroatoms. The van der Waals surface area contributed by atoms with Gasteiger partial charge in [0.1, 0.15) is 11.3 Å². The summed E-state index contributed by atoms with van der Waals surface area (Å²) in [5, 5.41) is 3.19. The van der Waals surface area contributed by atoms with Crippen LogP contribution in [0.4, 0.5) is 14.7 Å². The Morgan fingerprint density at radius 1 is 1.00 bits per heavy atom. The molecule has 1 aromatic carbocycles. The van der Waals surface area contributed by atoms with Crippen LogP contribution in [0.2, 0.25) is 0 Å². The van der Waals surface area contributed by atoms with Crippen molar-refractivity contribution in [2.45, 2.75) is 26.3 Å². The van der Waals surface area contributed by atoms with E-state index in [2.05, 4.69) is 20.3 Å². The first-order valence-corrected chi connectivity index (χ1v) is 8.94. The Bertz CT molecular complexity index is 1110. The predicted molar refractivity (Wildman–Crippen MR) is 104 cm³/mol. The Morgan fingerprint density at radius 3 is 2.54 bits per heavy atom. The van der Waals surface area contributed by atoms with Crippen molar-refractivity contribution in [1.29, 1.82) is 0 Å². The number of hydrogen-bond donors (Lipinski definition) is 1. The third-order valence-corrected chi connectivity index (χ3v) is 4.67. The van der Waals surface area contributed by atoms with Crippen LogP contribution in [0.25, 0.3) is 17.0 Å². The molecule has 3 aromatic heterocycles. The van der Waals surface area contributed by atoms with Crippen molar-refractivity contribution >= 4 is 11.6 Å². The molecule has 0 radical (unpaired) electrons. The lowest BCUT2D eigenvalue weighted by molar-refractivity contribution is 0.151. The SMILES string of the molecule is Cc1cccn2c(-c3nc(N[C@@H](C)c4ccccc4)ncc3C(F)F)cnc12. The normalized spacial score (nSPS) is 12.5. The summed E-state index contributed by atoms with van der Waals surface area (Å²) in [5.74, 6) is 0.290. The van der Waals surface area contributed by atoms with Crippen molar-refractivity contribution in [3.8, 4) is 11.4 Å². The summed E-state index contributed by atoms with van der Waals surface area (Å²) in [6.07, 6.45) is 1.86. The molecule has 0 saturated heterocycles. The highest BCUT2D eigenvalue weighted by Crippen LogP contribution is 2.31. The van der Waals surface area contributed by atoms with Crippen LogP contribution in [0.5, 0.6) is 0 Å². The number of aryl methyl sites for hydroxylation is 1. The van der Waals surface area contributed by atoms with Crippen molar-refractivity contribution in [1.82, 2.24) is 19.4 Å². The first-order valence-electron chi connectivity index (χ1n) is 8.94. The zero-order chi connectivity index (χ0) is 19.7. The summed E-state index contributed by atoms with van der Waals surface area (Å²) in [7, 11) is 0. The van der Waals surface area contributed by atoms with Crippen molar-refractivity contribution < 1.29 is 8.78 Å². The van der Waals surface area contributed by atoms with E-state index in [4.69, 9.17) is 0 Å². The summed E-state index contributed by atoms with van der Waals surface area (Å²) < 4.78 is 29.0. The van der Waals surface area contributed by atoms with Crippen molar-refractivity contribution in [2.75, 3.05) is 5.32 Å². The van der Waals surface area contributed by atoms with Gasteiger partial charge in [-0.3, -0.25) is 4.40 Å². The number of anilines is 1. The molecule has 142 valence electrons. The number of nitrogens with zero attached hydrogens (tertiary/aromatic N) is 4. The van der Waals surface area contributed by atoms with E-state index in [0.717, 1.165) is 11.1 Å². The van der Waals surface area contributed by atoms with E-state index in [1.807, 2.05) is 56.3 Å². The summed E-state index contributed by atoms with van der Waals surface area (Å²) >= 11 is 0. The van der Waals surface area contributed by atoms with Crippen LogP contribution >= 0.6 is 0 Å². The maximum Gasteiger partial charge on any atom is 0.267 e. The van der Waals surface area contributed by atoms with E-state index >= 15 is 0 Å². The lowest BCUT2D eigenvalue weighted by atomic mass is 10.1. The van der Waals surface area contributed by atoms with Gasteiger partial charge in [0.05, 0.1) is 23.5 Å². The average molecular weight is 379 g/mol. The largest absolute Gasteiger partial charge is 0.348 e. The van der Waals surface area contributed by atoms with Crippen LogP contribution in [0.3, 0.4) is 0 Å². The third-order valence-electron chi connectivity index (χ3n) is 4.67. The fourth-order valence-electron chi connectivity index (χ4n) is 3.17. The molecule has 0 bridgehead atoms. The van der Waals surface area contributed by atoms with E-state index in [1.54, 1.807) is 16.8 Å². The Morgan fingerprint density at radius 2 is 1.79 bits per heavy atom. The van der Waals surface area contributed by atoms with Gasteiger partial charge in [-0.1, -0.05) is 36.4 Å². The third kappa shape index (κ3) is 3.31. The molecule has 0 unspecified atom stereocenters. The maximum atomic E-state index is 13.6. The second kappa shape index (κ2) is 7.34. The number of alkyl halides is 2. The Labute approximate surface area is 161 Å². The molecule has 3 heterocycles. The fourth-order valence-corrected chi connectivity index (χ4v) is 3.17. The number of imidazole rings is 1. The number of fused-ring (bicyclic) bond motifs is 1. The number of hydrogen-bond acceptors (Lipinski definition) is 4. The molecule has 0 aliphatic rings. The zero-order valence-electron chi connectivity index (χ0n) is 15.5. The van der Waals surface area contributed by atoms with Gasteiger partial charge >= 0.3 is 0 Å². The number of nitrogens with one attached hydrogen (secondary N) is 1. The predicted octanol–water partition coefficient (Wildman–Crippen LogP) is 5.21. The van der Waals surface area contributed by atoms with Crippen LogP contribution in [0.1, 0.15) is 36.1 Å². The number of aromatic nitrogens is 4. The molecule has 4 aromatic rings. The standard InChI is InChI=1S/C21H19F2N5/c1-13-7-6-10-28-17(12-24-20(13)28)18-16(19(22)23)11-25-21(27-18)26-14(2)15-8-4-3-5-9-15/h3-12,14,19H,1-2H3,(H,25,26,27)/t14-/m0/s1. The van der Waals surface area contributed by atoms with Gasteiger partial charge in [-0.25, -0.2) is 23.7 Å². The van der Waals surface area contributed by atoms with E-state index in [-0.39, 0.29) is 17.3 Å². The van der Waals surface area contributed by atoms with Crippen LogP contribution in [0, 0.1) is 6.92 Å². The van der Waals surface area contributed by atoms with E-state index in [1.165, 1.54) is 6.20 Å².